The Labute approximate surface area is 114 Å². The van der Waals surface area contributed by atoms with Crippen LogP contribution in [-0.4, -0.2) is 30.3 Å². The van der Waals surface area contributed by atoms with Crippen molar-refractivity contribution in [2.45, 2.75) is 38.0 Å². The molecule has 0 aromatic heterocycles. The first-order valence-electron chi connectivity index (χ1n) is 6.30. The predicted octanol–water partition coefficient (Wildman–Crippen LogP) is 2.60. The van der Waals surface area contributed by atoms with Gasteiger partial charge in [0, 0.05) is 17.5 Å². The number of benzene rings is 1. The minimum Gasteiger partial charge on any atom is -0.282 e. The van der Waals surface area contributed by atoms with Crippen LogP contribution >= 0.6 is 0 Å². The lowest BCUT2D eigenvalue weighted by molar-refractivity contribution is -0.405. The van der Waals surface area contributed by atoms with Gasteiger partial charge in [0.1, 0.15) is 7.05 Å². The first kappa shape index (κ1) is 14.2. The highest BCUT2D eigenvalue weighted by molar-refractivity contribution is 7.85. The highest BCUT2D eigenvalue weighted by atomic mass is 32.2. The third-order valence-corrected chi connectivity index (χ3v) is 4.70. The molecule has 0 fully saturated rings. The predicted molar refractivity (Wildman–Crippen MR) is 75.0 cm³/mol. The van der Waals surface area contributed by atoms with Crippen molar-refractivity contribution in [3.8, 4) is 0 Å². The quantitative estimate of drug-likeness (QED) is 0.670. The molecule has 4 nitrogen and oxygen atoms in total. The van der Waals surface area contributed by atoms with E-state index >= 15 is 0 Å². The maximum atomic E-state index is 11.3. The largest absolute Gasteiger partial charge is 0.294 e. The fourth-order valence-electron chi connectivity index (χ4n) is 3.26. The Morgan fingerprint density at radius 3 is 2.32 bits per heavy atom. The van der Waals surface area contributed by atoms with Gasteiger partial charge in [-0.25, -0.2) is 4.58 Å². The Morgan fingerprint density at radius 2 is 1.84 bits per heavy atom. The van der Waals surface area contributed by atoms with E-state index in [0.717, 1.165) is 11.3 Å². The SMILES string of the molecule is CC(C)C1=[N+](C)c2ccc(S(=O)(=O)O)cc2C1(C)C. The lowest BCUT2D eigenvalue weighted by Crippen LogP contribution is -2.32. The van der Waals surface area contributed by atoms with Gasteiger partial charge >= 0.3 is 0 Å². The topological polar surface area (TPSA) is 57.4 Å². The lowest BCUT2D eigenvalue weighted by Gasteiger charge is -2.20. The average Bonchev–Trinajstić information content (AvgIpc) is 2.45. The Morgan fingerprint density at radius 1 is 1.26 bits per heavy atom. The monoisotopic (exact) mass is 282 g/mol. The van der Waals surface area contributed by atoms with Gasteiger partial charge in [-0.3, -0.25) is 4.55 Å². The molecule has 0 saturated heterocycles. The van der Waals surface area contributed by atoms with Crippen molar-refractivity contribution in [3.63, 3.8) is 0 Å². The van der Waals surface area contributed by atoms with Gasteiger partial charge in [-0.2, -0.15) is 8.42 Å². The molecule has 104 valence electrons. The molecule has 0 saturated carbocycles. The van der Waals surface area contributed by atoms with Crippen LogP contribution in [-0.2, 0) is 15.5 Å². The summed E-state index contributed by atoms with van der Waals surface area (Å²) in [5.74, 6) is 0.363. The van der Waals surface area contributed by atoms with Crippen molar-refractivity contribution in [1.29, 1.82) is 0 Å². The van der Waals surface area contributed by atoms with Crippen LogP contribution in [0.5, 0.6) is 0 Å². The Bertz CT molecular complexity index is 670. The molecule has 0 radical (unpaired) electrons. The second-order valence-corrected chi connectivity index (χ2v) is 7.30. The molecular weight excluding hydrogens is 262 g/mol. The smallest absolute Gasteiger partial charge is 0.282 e. The highest BCUT2D eigenvalue weighted by Gasteiger charge is 2.45. The van der Waals surface area contributed by atoms with Crippen molar-refractivity contribution in [2.24, 2.45) is 5.92 Å². The lowest BCUT2D eigenvalue weighted by atomic mass is 9.77. The van der Waals surface area contributed by atoms with Gasteiger partial charge in [0.25, 0.3) is 10.1 Å². The van der Waals surface area contributed by atoms with Gasteiger partial charge in [0.05, 0.1) is 10.3 Å². The maximum Gasteiger partial charge on any atom is 0.294 e. The minimum atomic E-state index is -4.16. The van der Waals surface area contributed by atoms with Gasteiger partial charge in [0.2, 0.25) is 5.69 Å². The second kappa shape index (κ2) is 4.15. The molecule has 19 heavy (non-hydrogen) atoms. The highest BCUT2D eigenvalue weighted by Crippen LogP contribution is 2.41. The third kappa shape index (κ3) is 2.11. The summed E-state index contributed by atoms with van der Waals surface area (Å²) in [6.45, 7) is 8.42. The van der Waals surface area contributed by atoms with Crippen molar-refractivity contribution in [3.05, 3.63) is 23.8 Å². The van der Waals surface area contributed by atoms with Crippen LogP contribution in [0.15, 0.2) is 23.1 Å². The summed E-state index contributed by atoms with van der Waals surface area (Å²) in [6.07, 6.45) is 0. The van der Waals surface area contributed by atoms with Crippen molar-refractivity contribution in [1.82, 2.24) is 0 Å². The Kier molecular flexibility index (Phi) is 3.10. The van der Waals surface area contributed by atoms with Crippen molar-refractivity contribution >= 4 is 21.5 Å². The molecule has 1 N–H and O–H groups in total. The fraction of sp³-hybridized carbons (Fsp3) is 0.500. The summed E-state index contributed by atoms with van der Waals surface area (Å²) < 4.78 is 33.9. The molecule has 0 spiro atoms. The van der Waals surface area contributed by atoms with Crippen LogP contribution in [0.1, 0.15) is 33.3 Å². The normalized spacial score (nSPS) is 18.1. The second-order valence-electron chi connectivity index (χ2n) is 5.88. The van der Waals surface area contributed by atoms with Crippen molar-refractivity contribution in [2.75, 3.05) is 7.05 Å². The molecule has 1 heterocycles. The third-order valence-electron chi connectivity index (χ3n) is 3.85. The summed E-state index contributed by atoms with van der Waals surface area (Å²) in [4.78, 5) is -0.0438. The molecule has 2 rings (SSSR count). The van der Waals surface area contributed by atoms with Gasteiger partial charge in [-0.15, -0.1) is 0 Å². The van der Waals surface area contributed by atoms with E-state index < -0.39 is 10.1 Å². The van der Waals surface area contributed by atoms with Crippen LogP contribution in [0.25, 0.3) is 0 Å². The molecule has 1 aliphatic heterocycles. The summed E-state index contributed by atoms with van der Waals surface area (Å²) in [6, 6.07) is 4.79. The number of rotatable bonds is 2. The summed E-state index contributed by atoms with van der Waals surface area (Å²) in [5, 5.41) is 0. The molecule has 0 bridgehead atoms. The van der Waals surface area contributed by atoms with Gasteiger partial charge in [0.15, 0.2) is 5.71 Å². The molecule has 0 unspecified atom stereocenters. The first-order valence-corrected chi connectivity index (χ1v) is 7.74. The molecule has 5 heteroatoms. The number of fused-ring (bicyclic) bond motifs is 1. The van der Waals surface area contributed by atoms with Gasteiger partial charge < -0.3 is 0 Å². The fourth-order valence-corrected chi connectivity index (χ4v) is 3.77. The van der Waals surface area contributed by atoms with Gasteiger partial charge in [-0.05, 0) is 26.0 Å². The van der Waals surface area contributed by atoms with Crippen LogP contribution in [0.2, 0.25) is 0 Å². The van der Waals surface area contributed by atoms with E-state index in [1.54, 1.807) is 12.1 Å². The van der Waals surface area contributed by atoms with Crippen LogP contribution in [0.3, 0.4) is 0 Å². The number of hydrogen-bond donors (Lipinski definition) is 1. The zero-order valence-electron chi connectivity index (χ0n) is 11.9. The summed E-state index contributed by atoms with van der Waals surface area (Å²) in [7, 11) is -2.16. The zero-order chi connectivity index (χ0) is 14.6. The van der Waals surface area contributed by atoms with Crippen LogP contribution in [0, 0.1) is 5.92 Å². The van der Waals surface area contributed by atoms with Gasteiger partial charge in [-0.1, -0.05) is 13.8 Å². The van der Waals surface area contributed by atoms with E-state index in [1.165, 1.54) is 11.8 Å². The Balaban J connectivity index is 2.71. The van der Waals surface area contributed by atoms with E-state index in [0.29, 0.717) is 5.92 Å². The first-order chi connectivity index (χ1) is 8.56. The molecule has 1 aromatic carbocycles. The molecule has 0 aliphatic carbocycles. The minimum absolute atomic E-state index is 0.0438. The number of nitrogens with zero attached hydrogens (tertiary/aromatic N) is 1. The maximum absolute atomic E-state index is 11.3. The number of hydrogen-bond acceptors (Lipinski definition) is 2. The van der Waals surface area contributed by atoms with E-state index in [-0.39, 0.29) is 10.3 Å². The van der Waals surface area contributed by atoms with E-state index in [2.05, 4.69) is 32.3 Å². The Hall–Kier alpha value is -1.20. The summed E-state index contributed by atoms with van der Waals surface area (Å²) in [5.41, 5.74) is 2.95. The summed E-state index contributed by atoms with van der Waals surface area (Å²) >= 11 is 0. The standard InChI is InChI=1S/C14H19NO3S/c1-9(2)13-14(3,4)11-8-10(19(16,17)18)6-7-12(11)15(13)5/h6-9H,1-5H3/p+1. The molecule has 1 aromatic rings. The van der Waals surface area contributed by atoms with E-state index in [9.17, 15) is 13.0 Å². The van der Waals surface area contributed by atoms with E-state index in [1.807, 2.05) is 7.05 Å². The molecule has 0 atom stereocenters. The molecule has 0 amide bonds. The average molecular weight is 282 g/mol. The van der Waals surface area contributed by atoms with Crippen molar-refractivity contribution < 1.29 is 17.5 Å². The van der Waals surface area contributed by atoms with Crippen LogP contribution in [0.4, 0.5) is 5.69 Å². The zero-order valence-corrected chi connectivity index (χ0v) is 12.7. The van der Waals surface area contributed by atoms with E-state index in [4.69, 9.17) is 0 Å². The molecular formula is C14H20NO3S+. The van der Waals surface area contributed by atoms with Crippen LogP contribution < -0.4 is 0 Å². The molecule has 1 aliphatic rings.